The Labute approximate surface area is 774 Å². The zero-order chi connectivity index (χ0) is 91.3. The van der Waals surface area contributed by atoms with Crippen LogP contribution >= 0.6 is 45.3 Å². The summed E-state index contributed by atoms with van der Waals surface area (Å²) in [6.07, 6.45) is 9.93. The number of methoxy groups -OCH3 is 1. The minimum atomic E-state index is -5.72. The van der Waals surface area contributed by atoms with Gasteiger partial charge in [0.2, 0.25) is 0 Å². The number of ether oxygens (including phenoxy) is 2. The van der Waals surface area contributed by atoms with E-state index in [-0.39, 0.29) is 18.6 Å². The molecule has 0 spiro atoms. The Hall–Kier alpha value is -13.3. The molecule has 1 radical (unpaired) electrons. The number of alkyl halides is 3. The van der Waals surface area contributed by atoms with Gasteiger partial charge in [0, 0.05) is 79.7 Å². The standard InChI is InChI=1S/C35H24OS.C20H14OS.C15H12O.C12H9F3O4S.C10H8BO2S.C10H8S.4C2H6.CH4/c1-4-12-25(13-5-1)33-20-21-34(37-33)31-24-32-30(28-18-10-11-19-29(28)31)22-23-35(36-32,26-14-6-2-7-15-26)27-16-8-3-9-17-27;21-16-12-15-8-4-5-9-17(15)18(13-16)20-11-10-19(22-20)14-6-2-1-3-7-14;1-2-15(16,13-9-5-3-6-10-13)14-11-7-4-8-12-14;1-18-9-6-8-4-2-3-5-10(8)11(7-9)19-20(16,17)12(13,14)15;12-11-13-10-7-6-9(14-10)8-4-2-1-3-5-8;1-2-5-9(6-3-1)10-7-4-8-11-10;4*1-2;/h1-24H;1-13,21H;1,3-12,16H;2-7H,1H3;1-7,12H;1-8H;4*1-2H3;1H4. The van der Waals surface area contributed by atoms with Gasteiger partial charge in [0.05, 0.1) is 7.11 Å². The first-order chi connectivity index (χ1) is 62.5. The molecular formula is C111H103BF3O9S5. The van der Waals surface area contributed by atoms with E-state index < -0.39 is 32.6 Å². The van der Waals surface area contributed by atoms with Gasteiger partial charge in [0.15, 0.2) is 22.0 Å². The summed E-state index contributed by atoms with van der Waals surface area (Å²) < 4.78 is 80.3. The highest BCUT2D eigenvalue weighted by Gasteiger charge is 2.49. The quantitative estimate of drug-likeness (QED) is 0.0397. The van der Waals surface area contributed by atoms with E-state index in [0.717, 1.165) is 49.9 Å². The van der Waals surface area contributed by atoms with Crippen molar-refractivity contribution < 1.29 is 55.1 Å². The lowest BCUT2D eigenvalue weighted by atomic mass is 9.83. The summed E-state index contributed by atoms with van der Waals surface area (Å²) >= 11 is 6.85. The fourth-order valence-corrected chi connectivity index (χ4v) is 17.7. The average Bonchev–Trinajstić information content (AvgIpc) is 1.16. The molecular weight excluding hydrogens is 1710 g/mol. The van der Waals surface area contributed by atoms with Crippen LogP contribution in [0, 0.1) is 12.3 Å². The second-order valence-electron chi connectivity index (χ2n) is 27.0. The van der Waals surface area contributed by atoms with E-state index in [1.165, 1.54) is 87.3 Å². The lowest BCUT2D eigenvalue weighted by Crippen LogP contribution is -2.34. The van der Waals surface area contributed by atoms with Gasteiger partial charge in [-0.2, -0.15) is 21.6 Å². The topological polar surface area (TPSA) is 132 Å². The van der Waals surface area contributed by atoms with Crippen LogP contribution in [0.4, 0.5) is 13.2 Å². The molecule has 0 aliphatic carbocycles. The Balaban J connectivity index is 0.000000179. The molecule has 0 fully saturated rings. The molecule has 0 saturated carbocycles. The summed E-state index contributed by atoms with van der Waals surface area (Å²) in [7, 11) is -3.72. The molecule has 1 aliphatic rings. The maximum Gasteiger partial charge on any atom is 0.569 e. The van der Waals surface area contributed by atoms with Gasteiger partial charge in [-0.3, -0.25) is 0 Å². The maximum absolute atomic E-state index is 12.4. The highest BCUT2D eigenvalue weighted by Crippen LogP contribution is 2.49. The number of phenolic OH excluding ortho intramolecular Hbond substituents is 1. The van der Waals surface area contributed by atoms with E-state index in [0.29, 0.717) is 35.0 Å². The third-order valence-corrected chi connectivity index (χ3v) is 24.7. The molecule has 0 unspecified atom stereocenters. The molecule has 19 rings (SSSR count). The van der Waals surface area contributed by atoms with Gasteiger partial charge in [-0.05, 0) is 133 Å². The number of thiophene rings is 4. The van der Waals surface area contributed by atoms with Crippen LogP contribution in [-0.4, -0.2) is 44.0 Å². The highest BCUT2D eigenvalue weighted by molar-refractivity contribution is 7.88. The second kappa shape index (κ2) is 49.7. The number of terminal acetylenes is 1. The van der Waals surface area contributed by atoms with E-state index in [1.54, 1.807) is 46.9 Å². The molecule has 0 atom stereocenters. The van der Waals surface area contributed by atoms with Crippen LogP contribution in [0.25, 0.3) is 101 Å². The molecule has 18 heteroatoms. The van der Waals surface area contributed by atoms with Crippen molar-refractivity contribution in [2.45, 2.75) is 79.5 Å². The van der Waals surface area contributed by atoms with Crippen molar-refractivity contribution in [3.63, 3.8) is 0 Å². The summed E-state index contributed by atoms with van der Waals surface area (Å²) in [5.41, 5.74) is 4.47. The molecule has 0 saturated heterocycles. The molecule has 0 amide bonds. The average molecular weight is 1810 g/mol. The summed E-state index contributed by atoms with van der Waals surface area (Å²) in [6.45, 7) is 16.0. The van der Waals surface area contributed by atoms with E-state index in [1.807, 2.05) is 212 Å². The molecule has 129 heavy (non-hydrogen) atoms. The minimum Gasteiger partial charge on any atom is -0.530 e. The van der Waals surface area contributed by atoms with Gasteiger partial charge in [-0.15, -0.1) is 51.8 Å². The van der Waals surface area contributed by atoms with Crippen LogP contribution in [0.2, 0.25) is 0 Å². The van der Waals surface area contributed by atoms with Gasteiger partial charge in [0.25, 0.3) is 0 Å². The van der Waals surface area contributed by atoms with Crippen molar-refractivity contribution in [3.8, 4) is 103 Å². The van der Waals surface area contributed by atoms with Crippen molar-refractivity contribution >= 4 is 102 Å². The van der Waals surface area contributed by atoms with E-state index in [2.05, 4.69) is 240 Å². The van der Waals surface area contributed by atoms with Crippen molar-refractivity contribution in [1.29, 1.82) is 0 Å². The van der Waals surface area contributed by atoms with Crippen LogP contribution in [0.15, 0.2) is 406 Å². The third-order valence-electron chi connectivity index (χ3n) is 19.4. The zero-order valence-electron chi connectivity index (χ0n) is 72.4. The highest BCUT2D eigenvalue weighted by atomic mass is 32.2. The Bertz CT molecular complexity index is 6490. The summed E-state index contributed by atoms with van der Waals surface area (Å²) in [5, 5.41) is 37.2. The smallest absolute Gasteiger partial charge is 0.530 e. The minimum absolute atomic E-state index is 0. The van der Waals surface area contributed by atoms with Gasteiger partial charge >= 0.3 is 23.3 Å². The largest absolute Gasteiger partial charge is 0.569 e. The summed E-state index contributed by atoms with van der Waals surface area (Å²) in [4.78, 5) is 7.38. The first kappa shape index (κ1) is 99.5. The summed E-state index contributed by atoms with van der Waals surface area (Å²) in [5.74, 6) is 3.43. The lowest BCUT2D eigenvalue weighted by molar-refractivity contribution is -0.0499. The van der Waals surface area contributed by atoms with Crippen LogP contribution in [0.3, 0.4) is 0 Å². The molecule has 5 heterocycles. The number of phenols is 1. The monoisotopic (exact) mass is 1810 g/mol. The molecule has 4 aromatic heterocycles. The number of aliphatic hydroxyl groups is 1. The number of hydrogen-bond acceptors (Lipinski definition) is 13. The molecule has 655 valence electrons. The maximum atomic E-state index is 12.4. The summed E-state index contributed by atoms with van der Waals surface area (Å²) in [6, 6.07) is 129. The van der Waals surface area contributed by atoms with Gasteiger partial charge in [-0.1, -0.05) is 390 Å². The predicted molar refractivity (Wildman–Crippen MR) is 541 cm³/mol. The normalized spacial score (nSPS) is 11.1. The van der Waals surface area contributed by atoms with Crippen molar-refractivity contribution in [2.24, 2.45) is 0 Å². The van der Waals surface area contributed by atoms with E-state index in [9.17, 15) is 31.8 Å². The molecule has 3 N–H and O–H groups in total. The molecule has 0 bridgehead atoms. The molecule has 1 aliphatic heterocycles. The fourth-order valence-electron chi connectivity index (χ4n) is 13.6. The molecule has 9 nitrogen and oxygen atoms in total. The number of aromatic hydroxyl groups is 1. The van der Waals surface area contributed by atoms with Crippen LogP contribution in [0.1, 0.15) is 90.6 Å². The van der Waals surface area contributed by atoms with Gasteiger partial charge < -0.3 is 33.5 Å². The van der Waals surface area contributed by atoms with Gasteiger partial charge in [-0.25, -0.2) is 0 Å². The third kappa shape index (κ3) is 25.6. The van der Waals surface area contributed by atoms with Crippen molar-refractivity contribution in [2.75, 3.05) is 7.11 Å². The van der Waals surface area contributed by atoms with E-state index >= 15 is 0 Å². The Kier molecular flexibility index (Phi) is 38.3. The first-order valence-corrected chi connectivity index (χ1v) is 46.6. The number of benzene rings is 14. The number of fused-ring (bicyclic) bond motifs is 5. The first-order valence-electron chi connectivity index (χ1n) is 41.8. The molecule has 18 aromatic rings. The Morgan fingerprint density at radius 3 is 1.26 bits per heavy atom. The van der Waals surface area contributed by atoms with Gasteiger partial charge in [0.1, 0.15) is 17.2 Å². The van der Waals surface area contributed by atoms with E-state index in [4.69, 9.17) is 25.6 Å². The Morgan fingerprint density at radius 2 is 0.814 bits per heavy atom. The second-order valence-corrected chi connectivity index (χ2v) is 32.7. The van der Waals surface area contributed by atoms with Crippen LogP contribution < -0.4 is 18.3 Å². The van der Waals surface area contributed by atoms with Crippen LogP contribution in [-0.2, 0) is 21.3 Å². The van der Waals surface area contributed by atoms with Crippen molar-refractivity contribution in [1.82, 2.24) is 0 Å². The predicted octanol–water partition coefficient (Wildman–Crippen LogP) is 31.6. The van der Waals surface area contributed by atoms with Crippen molar-refractivity contribution in [3.05, 3.63) is 434 Å². The fraction of sp³-hybridized carbons (Fsp3) is 0.117. The zero-order valence-corrected chi connectivity index (χ0v) is 76.5. The van der Waals surface area contributed by atoms with Crippen LogP contribution in [0.5, 0.6) is 28.1 Å². The molecule has 14 aromatic carbocycles. The number of hydrogen-bond donors (Lipinski definition) is 3. The number of halogens is 3. The lowest BCUT2D eigenvalue weighted by Gasteiger charge is -2.36. The number of rotatable bonds is 15. The Morgan fingerprint density at radius 1 is 0.426 bits per heavy atom. The SMILES string of the molecule is C.C#CC(O)(c1ccccc1)c1ccccc1.C1=CC(c2ccccc2)(c2ccccc2)Oc2cc(-c3ccc(-c4ccccc4)s3)c3ccccc3c21.CC.CC.CC.CC.COc1cc(OS(=O)(=O)C(F)(F)F)c2ccccc2c1.O[B]Oc1ccc(-c2ccccc2)s1.Oc1cc(-c2ccc(-c3ccccc3)s2)c2ccccc2c1.c1ccc(-c2cccs2)cc1.